The predicted octanol–water partition coefficient (Wildman–Crippen LogP) is 1.96. The fourth-order valence-corrected chi connectivity index (χ4v) is 2.88. The minimum Gasteiger partial charge on any atom is -0.389 e. The van der Waals surface area contributed by atoms with Gasteiger partial charge in [0, 0.05) is 19.2 Å². The molecule has 1 aromatic heterocycles. The number of hydrogen-bond donors (Lipinski definition) is 2. The van der Waals surface area contributed by atoms with Crippen LogP contribution in [0.4, 0.5) is 0 Å². The molecule has 3 atom stereocenters. The fourth-order valence-electron chi connectivity index (χ4n) is 2.12. The summed E-state index contributed by atoms with van der Waals surface area (Å²) in [5.41, 5.74) is 1.26. The van der Waals surface area contributed by atoms with Crippen LogP contribution in [-0.2, 0) is 9.47 Å². The summed E-state index contributed by atoms with van der Waals surface area (Å²) in [6.45, 7) is 4.45. The molecule has 0 aromatic carbocycles. The van der Waals surface area contributed by atoms with Gasteiger partial charge in [-0.2, -0.15) is 11.3 Å². The van der Waals surface area contributed by atoms with Crippen molar-refractivity contribution in [3.05, 3.63) is 22.4 Å². The van der Waals surface area contributed by atoms with Crippen LogP contribution in [0.5, 0.6) is 0 Å². The van der Waals surface area contributed by atoms with E-state index in [1.54, 1.807) is 11.3 Å². The first-order valence-electron chi connectivity index (χ1n) is 6.88. The summed E-state index contributed by atoms with van der Waals surface area (Å²) in [6.07, 6.45) is 1.95. The molecule has 0 radical (unpaired) electrons. The van der Waals surface area contributed by atoms with E-state index in [-0.39, 0.29) is 12.1 Å². The van der Waals surface area contributed by atoms with Crippen LogP contribution in [0, 0.1) is 0 Å². The van der Waals surface area contributed by atoms with Gasteiger partial charge in [0.05, 0.1) is 25.4 Å². The van der Waals surface area contributed by atoms with Crippen LogP contribution in [0.2, 0.25) is 0 Å². The van der Waals surface area contributed by atoms with Gasteiger partial charge in [0.25, 0.3) is 0 Å². The third-order valence-corrected chi connectivity index (χ3v) is 4.04. The first kappa shape index (κ1) is 14.9. The Labute approximate surface area is 118 Å². The monoisotopic (exact) mass is 285 g/mol. The van der Waals surface area contributed by atoms with Gasteiger partial charge in [-0.1, -0.05) is 0 Å². The van der Waals surface area contributed by atoms with Gasteiger partial charge in [-0.05, 0) is 42.2 Å². The van der Waals surface area contributed by atoms with Crippen molar-refractivity contribution in [1.82, 2.24) is 5.32 Å². The van der Waals surface area contributed by atoms with E-state index in [9.17, 15) is 5.11 Å². The lowest BCUT2D eigenvalue weighted by Crippen LogP contribution is -2.32. The Bertz CT molecular complexity index is 338. The Morgan fingerprint density at radius 2 is 2.53 bits per heavy atom. The molecule has 3 unspecified atom stereocenters. The predicted molar refractivity (Wildman–Crippen MR) is 76.5 cm³/mol. The Hall–Kier alpha value is -0.460. The van der Waals surface area contributed by atoms with Gasteiger partial charge >= 0.3 is 0 Å². The normalized spacial score (nSPS) is 22.5. The second-order valence-corrected chi connectivity index (χ2v) is 5.79. The van der Waals surface area contributed by atoms with E-state index in [0.717, 1.165) is 19.4 Å². The van der Waals surface area contributed by atoms with Crippen LogP contribution in [0.3, 0.4) is 0 Å². The fraction of sp³-hybridized carbons (Fsp3) is 0.714. The SMILES string of the molecule is CC(NCC(O)COCC1CCCO1)c1ccsc1. The van der Waals surface area contributed by atoms with Gasteiger partial charge in [-0.15, -0.1) is 0 Å². The van der Waals surface area contributed by atoms with Crippen molar-refractivity contribution in [2.24, 2.45) is 0 Å². The highest BCUT2D eigenvalue weighted by atomic mass is 32.1. The van der Waals surface area contributed by atoms with Crippen molar-refractivity contribution < 1.29 is 14.6 Å². The second-order valence-electron chi connectivity index (χ2n) is 5.01. The van der Waals surface area contributed by atoms with Crippen LogP contribution >= 0.6 is 11.3 Å². The molecule has 4 nitrogen and oxygen atoms in total. The number of hydrogen-bond acceptors (Lipinski definition) is 5. The Morgan fingerprint density at radius 1 is 1.63 bits per heavy atom. The number of rotatable bonds is 8. The van der Waals surface area contributed by atoms with Crippen LogP contribution in [-0.4, -0.2) is 43.7 Å². The Morgan fingerprint density at radius 3 is 3.21 bits per heavy atom. The molecule has 1 aliphatic heterocycles. The number of nitrogens with one attached hydrogen (secondary N) is 1. The van der Waals surface area contributed by atoms with Crippen LogP contribution < -0.4 is 5.32 Å². The number of ether oxygens (including phenoxy) is 2. The Kier molecular flexibility index (Phi) is 6.26. The van der Waals surface area contributed by atoms with E-state index in [4.69, 9.17) is 9.47 Å². The molecule has 2 rings (SSSR count). The molecule has 5 heteroatoms. The smallest absolute Gasteiger partial charge is 0.0897 e. The molecular formula is C14H23NO3S. The summed E-state index contributed by atoms with van der Waals surface area (Å²) in [5, 5.41) is 17.3. The van der Waals surface area contributed by atoms with Gasteiger partial charge in [-0.3, -0.25) is 0 Å². The second kappa shape index (κ2) is 7.97. The Balaban J connectivity index is 1.55. The molecule has 0 spiro atoms. The van der Waals surface area contributed by atoms with E-state index in [2.05, 4.69) is 29.1 Å². The first-order valence-corrected chi connectivity index (χ1v) is 7.83. The molecule has 19 heavy (non-hydrogen) atoms. The van der Waals surface area contributed by atoms with Gasteiger partial charge in [-0.25, -0.2) is 0 Å². The van der Waals surface area contributed by atoms with Crippen LogP contribution in [0.25, 0.3) is 0 Å². The lowest BCUT2D eigenvalue weighted by atomic mass is 10.2. The molecule has 0 bridgehead atoms. The van der Waals surface area contributed by atoms with Gasteiger partial charge in [0.1, 0.15) is 0 Å². The molecule has 1 aliphatic rings. The molecule has 108 valence electrons. The van der Waals surface area contributed by atoms with Crippen molar-refractivity contribution in [3.8, 4) is 0 Å². The summed E-state index contributed by atoms with van der Waals surface area (Å²) in [4.78, 5) is 0. The largest absolute Gasteiger partial charge is 0.389 e. The average Bonchev–Trinajstić information content (AvgIpc) is 3.08. The zero-order valence-electron chi connectivity index (χ0n) is 11.4. The molecule has 1 saturated heterocycles. The topological polar surface area (TPSA) is 50.7 Å². The minimum atomic E-state index is -0.470. The van der Waals surface area contributed by atoms with Crippen molar-refractivity contribution in [1.29, 1.82) is 0 Å². The van der Waals surface area contributed by atoms with E-state index < -0.39 is 6.10 Å². The molecular weight excluding hydrogens is 262 g/mol. The van der Waals surface area contributed by atoms with Gasteiger partial charge in [0.15, 0.2) is 0 Å². The van der Waals surface area contributed by atoms with Crippen molar-refractivity contribution in [3.63, 3.8) is 0 Å². The van der Waals surface area contributed by atoms with Crippen LogP contribution in [0.15, 0.2) is 16.8 Å². The molecule has 2 heterocycles. The number of aliphatic hydroxyl groups is 1. The highest BCUT2D eigenvalue weighted by Gasteiger charge is 2.16. The number of thiophene rings is 1. The van der Waals surface area contributed by atoms with Crippen LogP contribution in [0.1, 0.15) is 31.4 Å². The third kappa shape index (κ3) is 5.20. The van der Waals surface area contributed by atoms with E-state index in [1.165, 1.54) is 5.56 Å². The maximum Gasteiger partial charge on any atom is 0.0897 e. The quantitative estimate of drug-likeness (QED) is 0.766. The average molecular weight is 285 g/mol. The molecule has 2 N–H and O–H groups in total. The van der Waals surface area contributed by atoms with Crippen molar-refractivity contribution in [2.75, 3.05) is 26.4 Å². The lowest BCUT2D eigenvalue weighted by molar-refractivity contribution is -0.0168. The highest BCUT2D eigenvalue weighted by molar-refractivity contribution is 7.07. The maximum atomic E-state index is 9.84. The number of aliphatic hydroxyl groups excluding tert-OH is 1. The van der Waals surface area contributed by atoms with Crippen molar-refractivity contribution >= 4 is 11.3 Å². The van der Waals surface area contributed by atoms with Gasteiger partial charge in [0.2, 0.25) is 0 Å². The summed E-state index contributed by atoms with van der Waals surface area (Å²) >= 11 is 1.69. The summed E-state index contributed by atoms with van der Waals surface area (Å²) < 4.78 is 11.0. The summed E-state index contributed by atoms with van der Waals surface area (Å²) in [5.74, 6) is 0. The maximum absolute atomic E-state index is 9.84. The standard InChI is InChI=1S/C14H23NO3S/c1-11(12-4-6-19-10-12)15-7-13(16)8-17-9-14-3-2-5-18-14/h4,6,10-11,13-16H,2-3,5,7-9H2,1H3. The zero-order chi connectivity index (χ0) is 13.5. The molecule has 1 fully saturated rings. The minimum absolute atomic E-state index is 0.227. The van der Waals surface area contributed by atoms with E-state index in [1.807, 2.05) is 0 Å². The summed E-state index contributed by atoms with van der Waals surface area (Å²) in [6, 6.07) is 2.36. The highest BCUT2D eigenvalue weighted by Crippen LogP contribution is 2.15. The lowest BCUT2D eigenvalue weighted by Gasteiger charge is -2.17. The molecule has 0 aliphatic carbocycles. The summed E-state index contributed by atoms with van der Waals surface area (Å²) in [7, 11) is 0. The zero-order valence-corrected chi connectivity index (χ0v) is 12.2. The first-order chi connectivity index (χ1) is 9.25. The molecule has 0 saturated carbocycles. The molecule has 0 amide bonds. The van der Waals surface area contributed by atoms with E-state index >= 15 is 0 Å². The third-order valence-electron chi connectivity index (χ3n) is 3.34. The van der Waals surface area contributed by atoms with E-state index in [0.29, 0.717) is 19.8 Å². The van der Waals surface area contributed by atoms with Gasteiger partial charge < -0.3 is 19.9 Å². The molecule has 1 aromatic rings. The van der Waals surface area contributed by atoms with Crippen molar-refractivity contribution in [2.45, 2.75) is 38.0 Å².